The quantitative estimate of drug-likeness (QED) is 0.221. The molecule has 0 aromatic heterocycles. The number of carbonyl (C=O) groups is 6. The molecule has 2 saturated carbocycles. The lowest BCUT2D eigenvalue weighted by molar-refractivity contribution is -0.151. The fourth-order valence-electron chi connectivity index (χ4n) is 4.48. The average Bonchev–Trinajstić information content (AvgIpc) is 2.89. The van der Waals surface area contributed by atoms with Gasteiger partial charge in [0.15, 0.2) is 0 Å². The van der Waals surface area contributed by atoms with Crippen LogP contribution >= 0.6 is 0 Å². The fraction of sp³-hybridized carbons (Fsp3) is 0.714. The molecule has 10 heteroatoms. The summed E-state index contributed by atoms with van der Waals surface area (Å²) in [7, 11) is 0. The van der Waals surface area contributed by atoms with Crippen LogP contribution in [0, 0.1) is 10.8 Å². The number of nitrogens with one attached hydrogen (secondary N) is 2. The van der Waals surface area contributed by atoms with Gasteiger partial charge in [0, 0.05) is 24.2 Å². The van der Waals surface area contributed by atoms with Crippen LogP contribution in [0.5, 0.6) is 0 Å². The predicted molar refractivity (Wildman–Crippen MR) is 139 cm³/mol. The Labute approximate surface area is 224 Å². The number of ketones is 2. The Morgan fingerprint density at radius 1 is 0.605 bits per heavy atom. The largest absolute Gasteiger partial charge is 0.461 e. The van der Waals surface area contributed by atoms with Gasteiger partial charge in [-0.25, -0.2) is 9.59 Å². The molecule has 2 amide bonds. The van der Waals surface area contributed by atoms with Crippen LogP contribution in [0.3, 0.4) is 0 Å². The van der Waals surface area contributed by atoms with E-state index in [0.717, 1.165) is 76.4 Å². The van der Waals surface area contributed by atoms with Crippen molar-refractivity contribution in [2.45, 2.75) is 104 Å². The van der Waals surface area contributed by atoms with Crippen molar-refractivity contribution in [2.75, 3.05) is 13.2 Å². The van der Waals surface area contributed by atoms with E-state index in [1.54, 1.807) is 0 Å². The van der Waals surface area contributed by atoms with E-state index in [9.17, 15) is 28.8 Å². The lowest BCUT2D eigenvalue weighted by atomic mass is 9.87. The third-order valence-corrected chi connectivity index (χ3v) is 7.03. The molecule has 10 nitrogen and oxygen atoms in total. The summed E-state index contributed by atoms with van der Waals surface area (Å²) in [6.45, 7) is 5.32. The number of Topliss-reactive ketones (excluding diaryl/α,β-unsaturated/α-hetero) is 2. The highest BCUT2D eigenvalue weighted by Gasteiger charge is 2.36. The highest BCUT2D eigenvalue weighted by Crippen LogP contribution is 2.22. The van der Waals surface area contributed by atoms with Crippen molar-refractivity contribution in [1.29, 1.82) is 0 Å². The zero-order valence-corrected chi connectivity index (χ0v) is 23.1. The van der Waals surface area contributed by atoms with E-state index in [1.807, 2.05) is 0 Å². The van der Waals surface area contributed by atoms with Crippen molar-refractivity contribution in [3.8, 4) is 0 Å². The molecule has 2 aliphatic rings. The van der Waals surface area contributed by atoms with E-state index in [0.29, 0.717) is 0 Å². The molecule has 0 aromatic carbocycles. The molecular weight excluding hydrogens is 492 g/mol. The molecule has 0 atom stereocenters. The van der Waals surface area contributed by atoms with Gasteiger partial charge in [-0.05, 0) is 53.4 Å². The average molecular weight is 535 g/mol. The molecule has 212 valence electrons. The second-order valence-corrected chi connectivity index (χ2v) is 11.6. The van der Waals surface area contributed by atoms with Gasteiger partial charge in [-0.2, -0.15) is 0 Å². The SMILES string of the molecule is CC(C)(COC(=O)/C=C/C(=O)OCC(C)(C)C(=O)C(=O)NC1CCCCC1)C(=O)C(=O)NC1CCCCC1. The molecule has 0 bridgehead atoms. The Morgan fingerprint density at radius 2 is 0.921 bits per heavy atom. The van der Waals surface area contributed by atoms with Gasteiger partial charge >= 0.3 is 11.9 Å². The number of hydrogen-bond acceptors (Lipinski definition) is 8. The van der Waals surface area contributed by atoms with Gasteiger partial charge in [0.1, 0.15) is 13.2 Å². The number of rotatable bonds is 12. The summed E-state index contributed by atoms with van der Waals surface area (Å²) < 4.78 is 10.1. The van der Waals surface area contributed by atoms with Crippen molar-refractivity contribution in [2.24, 2.45) is 10.8 Å². The maximum atomic E-state index is 12.6. The fourth-order valence-corrected chi connectivity index (χ4v) is 4.48. The van der Waals surface area contributed by atoms with E-state index in [2.05, 4.69) is 10.6 Å². The second kappa shape index (κ2) is 14.2. The van der Waals surface area contributed by atoms with Crippen LogP contribution in [0.2, 0.25) is 0 Å². The summed E-state index contributed by atoms with van der Waals surface area (Å²) >= 11 is 0. The molecule has 0 saturated heterocycles. The smallest absolute Gasteiger partial charge is 0.331 e. The molecule has 2 aliphatic carbocycles. The van der Waals surface area contributed by atoms with Crippen LogP contribution < -0.4 is 10.6 Å². The Kier molecular flexibility index (Phi) is 11.7. The number of esters is 2. The molecule has 0 radical (unpaired) electrons. The van der Waals surface area contributed by atoms with Crippen LogP contribution in [-0.4, -0.2) is 60.6 Å². The first kappa shape index (κ1) is 31.2. The summed E-state index contributed by atoms with van der Waals surface area (Å²) in [4.78, 5) is 73.9. The van der Waals surface area contributed by atoms with Crippen molar-refractivity contribution < 1.29 is 38.2 Å². The van der Waals surface area contributed by atoms with Crippen LogP contribution in [-0.2, 0) is 38.2 Å². The summed E-state index contributed by atoms with van der Waals surface area (Å²) in [5.41, 5.74) is -2.49. The van der Waals surface area contributed by atoms with Gasteiger partial charge in [0.2, 0.25) is 11.6 Å². The van der Waals surface area contributed by atoms with Crippen molar-refractivity contribution in [1.82, 2.24) is 10.6 Å². The van der Waals surface area contributed by atoms with Crippen LogP contribution in [0.25, 0.3) is 0 Å². The zero-order valence-electron chi connectivity index (χ0n) is 23.1. The van der Waals surface area contributed by atoms with Crippen molar-refractivity contribution in [3.63, 3.8) is 0 Å². The molecule has 0 aromatic rings. The van der Waals surface area contributed by atoms with Crippen molar-refractivity contribution in [3.05, 3.63) is 12.2 Å². The summed E-state index contributed by atoms with van der Waals surface area (Å²) in [5, 5.41) is 5.52. The van der Waals surface area contributed by atoms with E-state index in [-0.39, 0.29) is 25.3 Å². The Hall–Kier alpha value is -3.04. The minimum absolute atomic E-state index is 0.0148. The van der Waals surface area contributed by atoms with Gasteiger partial charge in [-0.1, -0.05) is 38.5 Å². The van der Waals surface area contributed by atoms with Gasteiger partial charge < -0.3 is 20.1 Å². The summed E-state index contributed by atoms with van der Waals surface area (Å²) in [6, 6.07) is -0.0296. The number of carbonyl (C=O) groups excluding carboxylic acids is 6. The van der Waals surface area contributed by atoms with E-state index in [1.165, 1.54) is 27.7 Å². The molecule has 0 spiro atoms. The van der Waals surface area contributed by atoms with Crippen LogP contribution in [0.4, 0.5) is 0 Å². The Balaban J connectivity index is 1.75. The topological polar surface area (TPSA) is 145 Å². The first-order chi connectivity index (χ1) is 17.8. The lowest BCUT2D eigenvalue weighted by Crippen LogP contribution is -2.46. The van der Waals surface area contributed by atoms with Gasteiger partial charge in [0.25, 0.3) is 11.8 Å². The Morgan fingerprint density at radius 3 is 1.24 bits per heavy atom. The Bertz CT molecular complexity index is 851. The molecule has 38 heavy (non-hydrogen) atoms. The monoisotopic (exact) mass is 534 g/mol. The number of hydrogen-bond donors (Lipinski definition) is 2. The summed E-state index contributed by atoms with van der Waals surface area (Å²) in [6.07, 6.45) is 11.3. The molecule has 0 unspecified atom stereocenters. The van der Waals surface area contributed by atoms with Gasteiger partial charge in [-0.3, -0.25) is 19.2 Å². The highest BCUT2D eigenvalue weighted by molar-refractivity contribution is 6.38. The normalized spacial score (nSPS) is 17.5. The standard InChI is InChI=1S/C28H42N2O8/c1-27(2,23(33)25(35)29-19-11-7-5-8-12-19)17-37-21(31)15-16-22(32)38-18-28(3,4)24(34)26(36)30-20-13-9-6-10-14-20/h15-16,19-20H,5-14,17-18H2,1-4H3,(H,29,35)(H,30,36)/b16-15+. The predicted octanol–water partition coefficient (Wildman–Crippen LogP) is 2.72. The molecular formula is C28H42N2O8. The third kappa shape index (κ3) is 10.0. The number of ether oxygens (including phenoxy) is 2. The van der Waals surface area contributed by atoms with E-state index < -0.39 is 46.1 Å². The van der Waals surface area contributed by atoms with Gasteiger partial charge in [0.05, 0.1) is 10.8 Å². The first-order valence-corrected chi connectivity index (χ1v) is 13.5. The second-order valence-electron chi connectivity index (χ2n) is 11.6. The summed E-state index contributed by atoms with van der Waals surface area (Å²) in [5.74, 6) is -4.53. The highest BCUT2D eigenvalue weighted by atomic mass is 16.5. The van der Waals surface area contributed by atoms with Crippen molar-refractivity contribution >= 4 is 35.3 Å². The maximum absolute atomic E-state index is 12.6. The molecule has 2 N–H and O–H groups in total. The van der Waals surface area contributed by atoms with E-state index >= 15 is 0 Å². The molecule has 0 heterocycles. The van der Waals surface area contributed by atoms with Crippen LogP contribution in [0.15, 0.2) is 12.2 Å². The number of amides is 2. The lowest BCUT2D eigenvalue weighted by Gasteiger charge is -2.26. The molecule has 2 fully saturated rings. The third-order valence-electron chi connectivity index (χ3n) is 7.03. The zero-order chi connectivity index (χ0) is 28.3. The maximum Gasteiger partial charge on any atom is 0.331 e. The molecule has 0 aliphatic heterocycles. The minimum atomic E-state index is -1.24. The van der Waals surface area contributed by atoms with Crippen LogP contribution in [0.1, 0.15) is 91.9 Å². The van der Waals surface area contributed by atoms with Gasteiger partial charge in [-0.15, -0.1) is 0 Å². The first-order valence-electron chi connectivity index (χ1n) is 13.5. The molecule has 2 rings (SSSR count). The van der Waals surface area contributed by atoms with E-state index in [4.69, 9.17) is 9.47 Å². The minimum Gasteiger partial charge on any atom is -0.461 e.